The van der Waals surface area contributed by atoms with Gasteiger partial charge in [-0.1, -0.05) is 25.0 Å². The molecule has 6 heteroatoms. The summed E-state index contributed by atoms with van der Waals surface area (Å²) in [5.74, 6) is 2.07. The fraction of sp³-hybridized carbons (Fsp3) is 0.722. The summed E-state index contributed by atoms with van der Waals surface area (Å²) in [4.78, 5) is 30.8. The Morgan fingerprint density at radius 1 is 1.12 bits per heavy atom. The van der Waals surface area contributed by atoms with Gasteiger partial charge < -0.3 is 10.6 Å². The van der Waals surface area contributed by atoms with E-state index in [1.807, 2.05) is 0 Å². The molecule has 3 aliphatic carbocycles. The van der Waals surface area contributed by atoms with Crippen LogP contribution in [0.3, 0.4) is 0 Å². The number of amides is 2. The molecule has 4 aliphatic rings. The Morgan fingerprint density at radius 3 is 2.33 bits per heavy atom. The van der Waals surface area contributed by atoms with Crippen molar-refractivity contribution >= 4 is 17.8 Å². The Bertz CT molecular complexity index is 566. The summed E-state index contributed by atoms with van der Waals surface area (Å²) in [7, 11) is 1.74. The van der Waals surface area contributed by atoms with E-state index in [2.05, 4.69) is 27.8 Å². The first kappa shape index (κ1) is 15.7. The molecule has 130 valence electrons. The van der Waals surface area contributed by atoms with Gasteiger partial charge in [-0.15, -0.1) is 0 Å². The molecule has 4 unspecified atom stereocenters. The number of carbonyl (C=O) groups is 2. The van der Waals surface area contributed by atoms with E-state index in [0.29, 0.717) is 13.1 Å². The quantitative estimate of drug-likeness (QED) is 0.326. The Kier molecular flexibility index (Phi) is 4.06. The maximum absolute atomic E-state index is 12.6. The number of imide groups is 1. The largest absolute Gasteiger partial charge is 0.356 e. The van der Waals surface area contributed by atoms with Crippen LogP contribution in [0.5, 0.6) is 0 Å². The van der Waals surface area contributed by atoms with Crippen molar-refractivity contribution in [3.8, 4) is 0 Å². The lowest BCUT2D eigenvalue weighted by molar-refractivity contribution is -0.140. The van der Waals surface area contributed by atoms with Crippen LogP contribution in [-0.4, -0.2) is 49.4 Å². The molecule has 1 aliphatic heterocycles. The van der Waals surface area contributed by atoms with Crippen molar-refractivity contribution in [2.75, 3.05) is 26.7 Å². The lowest BCUT2D eigenvalue weighted by Crippen LogP contribution is -2.44. The molecule has 0 aromatic carbocycles. The summed E-state index contributed by atoms with van der Waals surface area (Å²) >= 11 is 0. The monoisotopic (exact) mass is 330 g/mol. The highest BCUT2D eigenvalue weighted by atomic mass is 16.2. The van der Waals surface area contributed by atoms with Crippen molar-refractivity contribution < 1.29 is 9.59 Å². The van der Waals surface area contributed by atoms with E-state index in [9.17, 15) is 9.59 Å². The van der Waals surface area contributed by atoms with Gasteiger partial charge in [0.05, 0.1) is 11.8 Å². The van der Waals surface area contributed by atoms with Crippen molar-refractivity contribution in [3.63, 3.8) is 0 Å². The lowest BCUT2D eigenvalue weighted by Gasteiger charge is -2.18. The van der Waals surface area contributed by atoms with Crippen LogP contribution in [0.4, 0.5) is 0 Å². The minimum Gasteiger partial charge on any atom is -0.356 e. The summed E-state index contributed by atoms with van der Waals surface area (Å²) in [5.41, 5.74) is 0. The summed E-state index contributed by atoms with van der Waals surface area (Å²) in [6, 6.07) is 0. The highest BCUT2D eigenvalue weighted by molar-refractivity contribution is 6.06. The van der Waals surface area contributed by atoms with Gasteiger partial charge in [-0.3, -0.25) is 19.5 Å². The fourth-order valence-corrected chi connectivity index (χ4v) is 4.49. The van der Waals surface area contributed by atoms with Crippen molar-refractivity contribution in [1.29, 1.82) is 0 Å². The van der Waals surface area contributed by atoms with E-state index in [-0.39, 0.29) is 35.5 Å². The Hall–Kier alpha value is -1.85. The van der Waals surface area contributed by atoms with Crippen molar-refractivity contribution in [3.05, 3.63) is 12.2 Å². The summed E-state index contributed by atoms with van der Waals surface area (Å²) in [6.07, 6.45) is 9.13. The molecule has 2 saturated carbocycles. The minimum absolute atomic E-state index is 0.0281. The first-order chi connectivity index (χ1) is 11.7. The number of nitrogens with one attached hydrogen (secondary N) is 2. The van der Waals surface area contributed by atoms with Crippen molar-refractivity contribution in [2.24, 2.45) is 34.6 Å². The Labute approximate surface area is 142 Å². The topological polar surface area (TPSA) is 73.8 Å². The van der Waals surface area contributed by atoms with E-state index in [1.165, 1.54) is 24.2 Å². The molecular weight excluding hydrogens is 304 g/mol. The summed E-state index contributed by atoms with van der Waals surface area (Å²) < 4.78 is 0. The summed E-state index contributed by atoms with van der Waals surface area (Å²) in [6.45, 7) is 1.89. The van der Waals surface area contributed by atoms with Gasteiger partial charge in [0.15, 0.2) is 5.96 Å². The predicted molar refractivity (Wildman–Crippen MR) is 91.1 cm³/mol. The van der Waals surface area contributed by atoms with Crippen LogP contribution < -0.4 is 10.6 Å². The van der Waals surface area contributed by atoms with Crippen LogP contribution in [0.25, 0.3) is 0 Å². The van der Waals surface area contributed by atoms with Crippen LogP contribution in [0, 0.1) is 29.6 Å². The Morgan fingerprint density at radius 2 is 1.75 bits per heavy atom. The van der Waals surface area contributed by atoms with E-state index < -0.39 is 0 Å². The third kappa shape index (κ3) is 2.72. The highest BCUT2D eigenvalue weighted by Gasteiger charge is 2.58. The maximum Gasteiger partial charge on any atom is 0.233 e. The lowest BCUT2D eigenvalue weighted by atomic mass is 9.85. The standard InChI is InChI=1S/C18H26N4O2/c1-19-18(20-7-6-11-2-3-11)21-8-9-22-16(23)14-12-4-5-13(10-12)15(14)17(22)24/h4-5,11-15H,2-3,6-10H2,1H3,(H2,19,20,21). The Balaban J connectivity index is 1.25. The molecule has 2 amide bonds. The smallest absolute Gasteiger partial charge is 0.233 e. The molecular formula is C18H26N4O2. The molecule has 24 heavy (non-hydrogen) atoms. The molecule has 6 nitrogen and oxygen atoms in total. The first-order valence-corrected chi connectivity index (χ1v) is 9.17. The average Bonchev–Trinajstić information content (AvgIpc) is 3.08. The summed E-state index contributed by atoms with van der Waals surface area (Å²) in [5, 5.41) is 6.51. The second-order valence-corrected chi connectivity index (χ2v) is 7.49. The maximum atomic E-state index is 12.6. The zero-order valence-corrected chi connectivity index (χ0v) is 14.2. The predicted octanol–water partition coefficient (Wildman–Crippen LogP) is 0.759. The van der Waals surface area contributed by atoms with Crippen molar-refractivity contribution in [2.45, 2.75) is 25.7 Å². The molecule has 0 aromatic rings. The first-order valence-electron chi connectivity index (χ1n) is 9.17. The van der Waals surface area contributed by atoms with Crippen LogP contribution >= 0.6 is 0 Å². The third-order valence-electron chi connectivity index (χ3n) is 5.96. The number of hydrogen-bond acceptors (Lipinski definition) is 3. The number of likely N-dealkylation sites (tertiary alicyclic amines) is 1. The molecule has 0 aromatic heterocycles. The molecule has 4 atom stereocenters. The van der Waals surface area contributed by atoms with Crippen LogP contribution in [0.2, 0.25) is 0 Å². The van der Waals surface area contributed by atoms with Gasteiger partial charge in [0, 0.05) is 26.7 Å². The fourth-order valence-electron chi connectivity index (χ4n) is 4.49. The molecule has 0 spiro atoms. The molecule has 1 saturated heterocycles. The normalized spacial score (nSPS) is 34.2. The highest BCUT2D eigenvalue weighted by Crippen LogP contribution is 2.52. The molecule has 2 N–H and O–H groups in total. The third-order valence-corrected chi connectivity index (χ3v) is 5.96. The van der Waals surface area contributed by atoms with E-state index in [4.69, 9.17) is 0 Å². The van der Waals surface area contributed by atoms with Gasteiger partial charge in [0.2, 0.25) is 11.8 Å². The van der Waals surface area contributed by atoms with Gasteiger partial charge in [0.25, 0.3) is 0 Å². The van der Waals surface area contributed by atoms with Crippen molar-refractivity contribution in [1.82, 2.24) is 15.5 Å². The number of guanidine groups is 1. The molecule has 3 fully saturated rings. The van der Waals surface area contributed by atoms with Crippen LogP contribution in [-0.2, 0) is 9.59 Å². The molecule has 4 rings (SSSR count). The van der Waals surface area contributed by atoms with E-state index in [0.717, 1.165) is 24.8 Å². The van der Waals surface area contributed by atoms with Gasteiger partial charge in [-0.25, -0.2) is 0 Å². The molecule has 0 radical (unpaired) electrons. The number of rotatable bonds is 6. The minimum atomic E-state index is -0.0940. The van der Waals surface area contributed by atoms with Crippen LogP contribution in [0.15, 0.2) is 17.1 Å². The molecule has 1 heterocycles. The molecule has 2 bridgehead atoms. The van der Waals surface area contributed by atoms with Gasteiger partial charge >= 0.3 is 0 Å². The van der Waals surface area contributed by atoms with E-state index in [1.54, 1.807) is 7.05 Å². The number of carbonyl (C=O) groups excluding carboxylic acids is 2. The van der Waals surface area contributed by atoms with E-state index >= 15 is 0 Å². The van der Waals surface area contributed by atoms with Gasteiger partial charge in [-0.05, 0) is 30.6 Å². The number of aliphatic imine (C=N–C) groups is 1. The number of hydrogen-bond donors (Lipinski definition) is 2. The van der Waals surface area contributed by atoms with Crippen LogP contribution in [0.1, 0.15) is 25.7 Å². The number of allylic oxidation sites excluding steroid dienone is 2. The number of fused-ring (bicyclic) bond motifs is 5. The zero-order chi connectivity index (χ0) is 16.7. The van der Waals surface area contributed by atoms with Gasteiger partial charge in [-0.2, -0.15) is 0 Å². The SMILES string of the molecule is CN=C(NCCC1CC1)NCCN1C(=O)C2C3C=CC(C3)C2C1=O. The van der Waals surface area contributed by atoms with Gasteiger partial charge in [0.1, 0.15) is 0 Å². The number of nitrogens with zero attached hydrogens (tertiary/aromatic N) is 2. The zero-order valence-electron chi connectivity index (χ0n) is 14.2. The second-order valence-electron chi connectivity index (χ2n) is 7.49. The average molecular weight is 330 g/mol. The second kappa shape index (κ2) is 6.22.